The Labute approximate surface area is 122 Å². The first-order valence-electron chi connectivity index (χ1n) is 7.89. The second-order valence-corrected chi connectivity index (χ2v) is 6.08. The maximum absolute atomic E-state index is 4.08. The number of piperazine rings is 1. The van der Waals surface area contributed by atoms with Crippen LogP contribution in [0.2, 0.25) is 0 Å². The average Bonchev–Trinajstić information content (AvgIpc) is 2.51. The molecular formula is C17H25N3. The summed E-state index contributed by atoms with van der Waals surface area (Å²) in [6.07, 6.45) is 12.4. The predicted octanol–water partition coefficient (Wildman–Crippen LogP) is 2.56. The van der Waals surface area contributed by atoms with Crippen molar-refractivity contribution in [1.82, 2.24) is 14.8 Å². The van der Waals surface area contributed by atoms with Crippen molar-refractivity contribution in [3.63, 3.8) is 0 Å². The summed E-state index contributed by atoms with van der Waals surface area (Å²) in [6.45, 7) is 7.22. The first-order chi connectivity index (χ1) is 9.90. The molecule has 1 aromatic rings. The van der Waals surface area contributed by atoms with Crippen LogP contribution in [0.1, 0.15) is 24.8 Å². The molecule has 3 nitrogen and oxygen atoms in total. The lowest BCUT2D eigenvalue weighted by molar-refractivity contribution is 0.111. The lowest BCUT2D eigenvalue weighted by Gasteiger charge is -2.36. The maximum atomic E-state index is 4.08. The molecule has 0 aromatic carbocycles. The minimum absolute atomic E-state index is 0.895. The van der Waals surface area contributed by atoms with Gasteiger partial charge in [0.1, 0.15) is 0 Å². The van der Waals surface area contributed by atoms with Crippen LogP contribution in [-0.4, -0.2) is 47.5 Å². The standard InChI is InChI=1S/C17H25N3/c1-2-4-16(5-3-1)14-19-10-12-20(13-11-19)15-17-6-8-18-9-7-17/h1-2,6-9,16H,3-5,10-15H2. The minimum Gasteiger partial charge on any atom is -0.301 e. The summed E-state index contributed by atoms with van der Waals surface area (Å²) in [5.41, 5.74) is 1.38. The molecule has 20 heavy (non-hydrogen) atoms. The summed E-state index contributed by atoms with van der Waals surface area (Å²) < 4.78 is 0. The van der Waals surface area contributed by atoms with Crippen molar-refractivity contribution in [3.05, 3.63) is 42.2 Å². The lowest BCUT2D eigenvalue weighted by atomic mass is 9.94. The summed E-state index contributed by atoms with van der Waals surface area (Å²) in [4.78, 5) is 9.30. The third kappa shape index (κ3) is 3.90. The number of nitrogens with zero attached hydrogens (tertiary/aromatic N) is 3. The summed E-state index contributed by atoms with van der Waals surface area (Å²) in [7, 11) is 0. The second kappa shape index (κ2) is 7.00. The third-order valence-electron chi connectivity index (χ3n) is 4.51. The van der Waals surface area contributed by atoms with Crippen LogP contribution in [0, 0.1) is 5.92 Å². The fraction of sp³-hybridized carbons (Fsp3) is 0.588. The lowest BCUT2D eigenvalue weighted by Crippen LogP contribution is -2.47. The van der Waals surface area contributed by atoms with E-state index in [2.05, 4.69) is 39.1 Å². The van der Waals surface area contributed by atoms with Gasteiger partial charge in [-0.25, -0.2) is 0 Å². The molecule has 1 aliphatic heterocycles. The Morgan fingerprint density at radius 3 is 2.45 bits per heavy atom. The largest absolute Gasteiger partial charge is 0.301 e. The van der Waals surface area contributed by atoms with Gasteiger partial charge >= 0.3 is 0 Å². The van der Waals surface area contributed by atoms with E-state index in [1.165, 1.54) is 57.5 Å². The van der Waals surface area contributed by atoms with Crippen LogP contribution in [0.4, 0.5) is 0 Å². The Balaban J connectivity index is 1.41. The van der Waals surface area contributed by atoms with E-state index in [9.17, 15) is 0 Å². The van der Waals surface area contributed by atoms with Gasteiger partial charge in [-0.3, -0.25) is 9.88 Å². The Morgan fingerprint density at radius 2 is 1.75 bits per heavy atom. The average molecular weight is 271 g/mol. The Hall–Kier alpha value is -1.19. The van der Waals surface area contributed by atoms with Gasteiger partial charge in [-0.15, -0.1) is 0 Å². The molecule has 0 amide bonds. The molecule has 0 bridgehead atoms. The molecule has 1 saturated heterocycles. The molecule has 3 heteroatoms. The van der Waals surface area contributed by atoms with Gasteiger partial charge in [0.05, 0.1) is 0 Å². The van der Waals surface area contributed by atoms with Crippen LogP contribution in [0.3, 0.4) is 0 Å². The zero-order valence-electron chi connectivity index (χ0n) is 12.2. The summed E-state index contributed by atoms with van der Waals surface area (Å²) >= 11 is 0. The van der Waals surface area contributed by atoms with Crippen molar-refractivity contribution >= 4 is 0 Å². The number of hydrogen-bond acceptors (Lipinski definition) is 3. The highest BCUT2D eigenvalue weighted by Gasteiger charge is 2.20. The Kier molecular flexibility index (Phi) is 4.82. The van der Waals surface area contributed by atoms with Crippen molar-refractivity contribution in [3.8, 4) is 0 Å². The molecule has 0 saturated carbocycles. The smallest absolute Gasteiger partial charge is 0.0271 e. The van der Waals surface area contributed by atoms with Crippen LogP contribution >= 0.6 is 0 Å². The molecule has 108 valence electrons. The fourth-order valence-electron chi connectivity index (χ4n) is 3.26. The highest BCUT2D eigenvalue weighted by Crippen LogP contribution is 2.20. The maximum Gasteiger partial charge on any atom is 0.0271 e. The van der Waals surface area contributed by atoms with Crippen molar-refractivity contribution in [2.24, 2.45) is 5.92 Å². The van der Waals surface area contributed by atoms with Crippen LogP contribution in [0.5, 0.6) is 0 Å². The van der Waals surface area contributed by atoms with Crippen molar-refractivity contribution < 1.29 is 0 Å². The number of hydrogen-bond donors (Lipinski definition) is 0. The van der Waals surface area contributed by atoms with Gasteiger partial charge in [0, 0.05) is 51.7 Å². The van der Waals surface area contributed by atoms with Gasteiger partial charge < -0.3 is 4.90 Å². The van der Waals surface area contributed by atoms with Gasteiger partial charge in [0.15, 0.2) is 0 Å². The number of aromatic nitrogens is 1. The molecule has 1 aliphatic carbocycles. The number of rotatable bonds is 4. The Morgan fingerprint density at radius 1 is 1.00 bits per heavy atom. The van der Waals surface area contributed by atoms with E-state index in [-0.39, 0.29) is 0 Å². The Bertz CT molecular complexity index is 421. The van der Waals surface area contributed by atoms with Gasteiger partial charge in [0.25, 0.3) is 0 Å². The second-order valence-electron chi connectivity index (χ2n) is 6.08. The molecule has 1 atom stereocenters. The van der Waals surface area contributed by atoms with Crippen molar-refractivity contribution in [2.45, 2.75) is 25.8 Å². The number of allylic oxidation sites excluding steroid dienone is 2. The first-order valence-corrected chi connectivity index (χ1v) is 7.89. The minimum atomic E-state index is 0.895. The number of pyridine rings is 1. The zero-order valence-corrected chi connectivity index (χ0v) is 12.2. The van der Waals surface area contributed by atoms with Gasteiger partial charge in [-0.05, 0) is 42.9 Å². The first kappa shape index (κ1) is 13.8. The van der Waals surface area contributed by atoms with Crippen molar-refractivity contribution in [1.29, 1.82) is 0 Å². The normalized spacial score (nSPS) is 24.9. The summed E-state index contributed by atoms with van der Waals surface area (Å²) in [5, 5.41) is 0. The molecule has 1 fully saturated rings. The summed E-state index contributed by atoms with van der Waals surface area (Å²) in [5.74, 6) is 0.895. The van der Waals surface area contributed by atoms with E-state index in [1.807, 2.05) is 12.4 Å². The van der Waals surface area contributed by atoms with E-state index in [0.29, 0.717) is 0 Å². The quantitative estimate of drug-likeness (QED) is 0.785. The molecule has 0 spiro atoms. The molecule has 3 rings (SSSR count). The molecule has 1 aromatic heterocycles. The van der Waals surface area contributed by atoms with Crippen molar-refractivity contribution in [2.75, 3.05) is 32.7 Å². The molecule has 2 aliphatic rings. The molecule has 1 unspecified atom stereocenters. The van der Waals surface area contributed by atoms with E-state index < -0.39 is 0 Å². The highest BCUT2D eigenvalue weighted by molar-refractivity contribution is 5.09. The molecule has 0 N–H and O–H groups in total. The van der Waals surface area contributed by atoms with Crippen LogP contribution in [0.25, 0.3) is 0 Å². The zero-order chi connectivity index (χ0) is 13.6. The fourth-order valence-corrected chi connectivity index (χ4v) is 3.26. The third-order valence-corrected chi connectivity index (χ3v) is 4.51. The van der Waals surface area contributed by atoms with E-state index >= 15 is 0 Å². The van der Waals surface area contributed by atoms with Crippen LogP contribution < -0.4 is 0 Å². The monoisotopic (exact) mass is 271 g/mol. The highest BCUT2D eigenvalue weighted by atomic mass is 15.3. The van der Waals surface area contributed by atoms with E-state index in [0.717, 1.165) is 12.5 Å². The predicted molar refractivity (Wildman–Crippen MR) is 82.4 cm³/mol. The van der Waals surface area contributed by atoms with E-state index in [1.54, 1.807) is 0 Å². The van der Waals surface area contributed by atoms with Gasteiger partial charge in [0.2, 0.25) is 0 Å². The topological polar surface area (TPSA) is 19.4 Å². The molecule has 2 heterocycles. The SMILES string of the molecule is C1=CCC(CN2CCN(Cc3ccncc3)CC2)CC1. The van der Waals surface area contributed by atoms with Crippen LogP contribution in [0.15, 0.2) is 36.7 Å². The van der Waals surface area contributed by atoms with Gasteiger partial charge in [-0.2, -0.15) is 0 Å². The van der Waals surface area contributed by atoms with Crippen LogP contribution in [-0.2, 0) is 6.54 Å². The molecule has 0 radical (unpaired) electrons. The van der Waals surface area contributed by atoms with E-state index in [4.69, 9.17) is 0 Å². The molecular weight excluding hydrogens is 246 g/mol. The summed E-state index contributed by atoms with van der Waals surface area (Å²) in [6, 6.07) is 4.25. The van der Waals surface area contributed by atoms with Gasteiger partial charge in [-0.1, -0.05) is 12.2 Å².